The molecule has 0 radical (unpaired) electrons. The summed E-state index contributed by atoms with van der Waals surface area (Å²) in [5.41, 5.74) is 4.82. The van der Waals surface area contributed by atoms with Gasteiger partial charge in [0.1, 0.15) is 6.61 Å². The van der Waals surface area contributed by atoms with Crippen molar-refractivity contribution < 1.29 is 42.4 Å². The molecule has 2 aromatic rings. The first-order valence-corrected chi connectivity index (χ1v) is 18.9. The average molecular weight is 634 g/mol. The molecule has 1 aliphatic carbocycles. The minimum absolute atomic E-state index is 0.0471. The van der Waals surface area contributed by atoms with E-state index in [0.717, 1.165) is 0 Å². The molecule has 0 aliphatic heterocycles. The zero-order chi connectivity index (χ0) is 31.5. The Kier molecular flexibility index (Phi) is 16.9. The molecule has 0 spiro atoms. The third kappa shape index (κ3) is 13.7. The Morgan fingerprint density at radius 1 is 0.614 bits per heavy atom. The van der Waals surface area contributed by atoms with Gasteiger partial charge in [-0.2, -0.15) is 0 Å². The first-order chi connectivity index (χ1) is 21.4. The predicted molar refractivity (Wildman–Crippen MR) is 172 cm³/mol. The van der Waals surface area contributed by atoms with Crippen LogP contribution in [0.5, 0.6) is 0 Å². The van der Waals surface area contributed by atoms with Crippen LogP contribution in [-0.2, 0) is 37.6 Å². The van der Waals surface area contributed by atoms with Crippen LogP contribution in [0, 0.1) is 0 Å². The van der Waals surface area contributed by atoms with Crippen molar-refractivity contribution in [1.82, 2.24) is 4.90 Å². The lowest BCUT2D eigenvalue weighted by Gasteiger charge is -2.19. The maximum Gasteiger partial charge on any atom is 0.409 e. The third-order valence-electron chi connectivity index (χ3n) is 6.84. The molecule has 10 nitrogen and oxygen atoms in total. The van der Waals surface area contributed by atoms with Gasteiger partial charge in [-0.1, -0.05) is 48.5 Å². The molecule has 3 rings (SSSR count). The lowest BCUT2D eigenvalue weighted by atomic mass is 9.98. The topological polar surface area (TPSA) is 94.2 Å². The Labute approximate surface area is 263 Å². The number of fused-ring (bicyclic) bond motifs is 3. The van der Waals surface area contributed by atoms with Crippen molar-refractivity contribution in [2.75, 3.05) is 106 Å². The van der Waals surface area contributed by atoms with E-state index in [1.54, 1.807) is 7.05 Å². The molecule has 0 bridgehead atoms. The van der Waals surface area contributed by atoms with E-state index >= 15 is 0 Å². The van der Waals surface area contributed by atoms with Crippen molar-refractivity contribution in [3.8, 4) is 11.1 Å². The SMILES string of the molecule is CN(CCOCCOCCOCCOCCOCCOCCO[Si](C)(C)C)C(=O)OCC1c2ccccc2-c2ccccc21. The Hall–Kier alpha value is -2.35. The smallest absolute Gasteiger partial charge is 0.409 e. The van der Waals surface area contributed by atoms with Crippen molar-refractivity contribution in [3.63, 3.8) is 0 Å². The Balaban J connectivity index is 1.07. The van der Waals surface area contributed by atoms with Crippen LogP contribution in [0.15, 0.2) is 48.5 Å². The van der Waals surface area contributed by atoms with Gasteiger partial charge in [-0.25, -0.2) is 4.79 Å². The lowest BCUT2D eigenvalue weighted by molar-refractivity contribution is -0.0184. The van der Waals surface area contributed by atoms with E-state index in [9.17, 15) is 4.79 Å². The van der Waals surface area contributed by atoms with Crippen LogP contribution in [0.3, 0.4) is 0 Å². The van der Waals surface area contributed by atoms with Crippen LogP contribution >= 0.6 is 0 Å². The highest BCUT2D eigenvalue weighted by Gasteiger charge is 2.29. The van der Waals surface area contributed by atoms with Crippen molar-refractivity contribution in [2.24, 2.45) is 0 Å². The van der Waals surface area contributed by atoms with Crippen molar-refractivity contribution in [1.29, 1.82) is 0 Å². The number of hydrogen-bond donors (Lipinski definition) is 0. The van der Waals surface area contributed by atoms with Crippen LogP contribution in [0.25, 0.3) is 11.1 Å². The van der Waals surface area contributed by atoms with Gasteiger partial charge in [-0.15, -0.1) is 0 Å². The fraction of sp³-hybridized carbons (Fsp3) is 0.606. The fourth-order valence-electron chi connectivity index (χ4n) is 4.61. The van der Waals surface area contributed by atoms with Crippen molar-refractivity contribution >= 4 is 14.4 Å². The first-order valence-electron chi connectivity index (χ1n) is 15.5. The molecule has 11 heteroatoms. The van der Waals surface area contributed by atoms with E-state index in [-0.39, 0.29) is 12.0 Å². The molecule has 0 heterocycles. The van der Waals surface area contributed by atoms with Gasteiger partial charge >= 0.3 is 6.09 Å². The van der Waals surface area contributed by atoms with E-state index in [2.05, 4.69) is 43.9 Å². The molecule has 1 amide bonds. The lowest BCUT2D eigenvalue weighted by Crippen LogP contribution is -2.32. The second-order valence-electron chi connectivity index (χ2n) is 11.4. The number of benzene rings is 2. The van der Waals surface area contributed by atoms with Crippen LogP contribution in [0.2, 0.25) is 19.6 Å². The summed E-state index contributed by atoms with van der Waals surface area (Å²) in [5.74, 6) is 0.0471. The maximum absolute atomic E-state index is 12.6. The van der Waals surface area contributed by atoms with Crippen molar-refractivity contribution in [2.45, 2.75) is 25.6 Å². The number of nitrogens with zero attached hydrogens (tertiary/aromatic N) is 1. The number of amides is 1. The first kappa shape index (κ1) is 36.1. The molecule has 0 atom stereocenters. The minimum atomic E-state index is -1.46. The number of carbonyl (C=O) groups excluding carboxylic acids is 1. The van der Waals surface area contributed by atoms with E-state index in [1.807, 2.05) is 24.3 Å². The quantitative estimate of drug-likeness (QED) is 0.119. The maximum atomic E-state index is 12.6. The molecular weight excluding hydrogens is 582 g/mol. The highest BCUT2D eigenvalue weighted by molar-refractivity contribution is 6.69. The largest absolute Gasteiger partial charge is 0.448 e. The second kappa shape index (κ2) is 20.6. The van der Waals surface area contributed by atoms with E-state index in [4.69, 9.17) is 37.6 Å². The monoisotopic (exact) mass is 633 g/mol. The predicted octanol–water partition coefficient (Wildman–Crippen LogP) is 4.82. The van der Waals surface area contributed by atoms with Crippen LogP contribution in [-0.4, -0.2) is 125 Å². The van der Waals surface area contributed by atoms with Crippen LogP contribution in [0.4, 0.5) is 4.79 Å². The van der Waals surface area contributed by atoms with Gasteiger partial charge in [0, 0.05) is 19.5 Å². The Morgan fingerprint density at radius 2 is 1.00 bits per heavy atom. The zero-order valence-corrected chi connectivity index (χ0v) is 27.9. The molecule has 0 saturated heterocycles. The van der Waals surface area contributed by atoms with Crippen molar-refractivity contribution in [3.05, 3.63) is 59.7 Å². The van der Waals surface area contributed by atoms with E-state index < -0.39 is 8.32 Å². The van der Waals surface area contributed by atoms with Gasteiger partial charge in [-0.3, -0.25) is 0 Å². The average Bonchev–Trinajstić information content (AvgIpc) is 3.33. The normalized spacial score (nSPS) is 12.7. The number of ether oxygens (including phenoxy) is 7. The summed E-state index contributed by atoms with van der Waals surface area (Å²) in [6.45, 7) is 13.9. The molecule has 0 saturated carbocycles. The summed E-state index contributed by atoms with van der Waals surface area (Å²) in [4.78, 5) is 14.1. The van der Waals surface area contributed by atoms with Crippen LogP contribution in [0.1, 0.15) is 17.0 Å². The molecule has 2 aromatic carbocycles. The molecular formula is C33H51NO9Si. The summed E-state index contributed by atoms with van der Waals surface area (Å²) in [6, 6.07) is 16.6. The minimum Gasteiger partial charge on any atom is -0.448 e. The summed E-state index contributed by atoms with van der Waals surface area (Å²) in [7, 11) is 0.260. The molecule has 1 aliphatic rings. The van der Waals surface area contributed by atoms with Gasteiger partial charge in [0.2, 0.25) is 0 Å². The third-order valence-corrected chi connectivity index (χ3v) is 7.91. The summed E-state index contributed by atoms with van der Waals surface area (Å²) >= 11 is 0. The van der Waals surface area contributed by atoms with E-state index in [0.29, 0.717) is 99.0 Å². The summed E-state index contributed by atoms with van der Waals surface area (Å²) in [5, 5.41) is 0. The molecule has 0 fully saturated rings. The fourth-order valence-corrected chi connectivity index (χ4v) is 5.30. The van der Waals surface area contributed by atoms with Gasteiger partial charge in [0.25, 0.3) is 0 Å². The Bertz CT molecular complexity index is 1040. The number of carbonyl (C=O) groups is 1. The number of hydrogen-bond acceptors (Lipinski definition) is 9. The molecule has 44 heavy (non-hydrogen) atoms. The Morgan fingerprint density at radius 3 is 1.43 bits per heavy atom. The second-order valence-corrected chi connectivity index (χ2v) is 15.9. The summed E-state index contributed by atoms with van der Waals surface area (Å²) in [6.07, 6.45) is -0.357. The van der Waals surface area contributed by atoms with Gasteiger partial charge in [0.15, 0.2) is 8.32 Å². The molecule has 0 N–H and O–H groups in total. The van der Waals surface area contributed by atoms with Gasteiger partial charge < -0.3 is 42.5 Å². The van der Waals surface area contributed by atoms with E-state index in [1.165, 1.54) is 27.2 Å². The molecule has 246 valence electrons. The van der Waals surface area contributed by atoms with Crippen LogP contribution < -0.4 is 0 Å². The summed E-state index contributed by atoms with van der Waals surface area (Å²) < 4.78 is 44.5. The van der Waals surface area contributed by atoms with Gasteiger partial charge in [0.05, 0.1) is 85.9 Å². The number of rotatable bonds is 24. The molecule has 0 aromatic heterocycles. The number of likely N-dealkylation sites (N-methyl/N-ethyl adjacent to an activating group) is 1. The standard InChI is InChI=1S/C33H51NO9Si/c1-34(33(35)42-27-32-30-11-7-5-9-28(30)29-10-6-8-12-31(29)32)13-14-36-15-16-37-17-18-38-19-20-39-21-22-40-23-24-41-25-26-43-44(2,3)4/h5-12,32H,13-27H2,1-4H3. The molecule has 0 unspecified atom stereocenters. The van der Waals surface area contributed by atoms with Gasteiger partial charge in [-0.05, 0) is 41.9 Å². The highest BCUT2D eigenvalue weighted by Crippen LogP contribution is 2.44. The highest BCUT2D eigenvalue weighted by atomic mass is 28.4. The zero-order valence-electron chi connectivity index (χ0n) is 26.9.